The summed E-state index contributed by atoms with van der Waals surface area (Å²) in [4.78, 5) is 0. The van der Waals surface area contributed by atoms with Gasteiger partial charge in [-0.3, -0.25) is 18.2 Å². The summed E-state index contributed by atoms with van der Waals surface area (Å²) in [6.45, 7) is -1.62. The molecule has 16 nitrogen and oxygen atoms in total. The monoisotopic (exact) mass is 828 g/mol. The van der Waals surface area contributed by atoms with Gasteiger partial charge in [-0.1, -0.05) is 0 Å². The minimum Gasteiger partial charge on any atom is -0.396 e. The number of aliphatic hydroxyl groups excluding tert-OH is 4. The van der Waals surface area contributed by atoms with E-state index in [0.717, 1.165) is 43.4 Å². The van der Waals surface area contributed by atoms with Gasteiger partial charge in [-0.15, -0.1) is 15.8 Å². The van der Waals surface area contributed by atoms with E-state index >= 15 is 0 Å². The molecule has 0 amide bonds. The Bertz CT molecular complexity index is 1120. The van der Waals surface area contributed by atoms with E-state index in [-0.39, 0.29) is 0 Å². The van der Waals surface area contributed by atoms with Crippen LogP contribution >= 0.6 is 15.8 Å². The van der Waals surface area contributed by atoms with Gasteiger partial charge in [-0.2, -0.15) is 33.7 Å². The molecule has 0 aliphatic heterocycles. The first-order chi connectivity index (χ1) is 22.6. The first kappa shape index (κ1) is 49.3. The number of hydrogen-bond donors (Lipinski definition) is 8. The third kappa shape index (κ3) is 30.5. The summed E-state index contributed by atoms with van der Waals surface area (Å²) in [7, 11) is -18.3. The predicted octanol–water partition coefficient (Wildman–Crippen LogP) is 1.45. The maximum Gasteiger partial charge on any atom is 0.265 e. The summed E-state index contributed by atoms with van der Waals surface area (Å²) in [6.07, 6.45) is 9.12. The summed E-state index contributed by atoms with van der Waals surface area (Å²) in [5.74, 6) is -4.71. The highest BCUT2D eigenvalue weighted by atomic mass is 32.2. The van der Waals surface area contributed by atoms with Crippen molar-refractivity contribution < 1.29 is 72.3 Å². The van der Waals surface area contributed by atoms with E-state index in [0.29, 0.717) is 51.4 Å². The maximum atomic E-state index is 11.3. The van der Waals surface area contributed by atoms with E-state index in [1.165, 1.54) is 0 Å². The van der Waals surface area contributed by atoms with Crippen LogP contribution < -0.4 is 0 Å². The van der Waals surface area contributed by atoms with Gasteiger partial charge in [0.15, 0.2) is 0 Å². The molecule has 296 valence electrons. The molecule has 22 heteroatoms. The van der Waals surface area contributed by atoms with Crippen molar-refractivity contribution in [3.63, 3.8) is 0 Å². The van der Waals surface area contributed by atoms with Gasteiger partial charge >= 0.3 is 0 Å². The molecular formula is C27H58O16P2S4. The van der Waals surface area contributed by atoms with Crippen molar-refractivity contribution in [2.24, 2.45) is 23.7 Å². The molecule has 0 radical (unpaired) electrons. The van der Waals surface area contributed by atoms with Crippen LogP contribution in [0.5, 0.6) is 0 Å². The van der Waals surface area contributed by atoms with Gasteiger partial charge in [0.2, 0.25) is 0 Å². The molecule has 0 rings (SSSR count). The molecule has 0 fully saturated rings. The van der Waals surface area contributed by atoms with Gasteiger partial charge in [0.25, 0.3) is 40.5 Å². The van der Waals surface area contributed by atoms with Crippen LogP contribution in [0.1, 0.15) is 57.8 Å². The molecule has 0 bridgehead atoms. The zero-order valence-electron chi connectivity index (χ0n) is 27.9. The summed E-state index contributed by atoms with van der Waals surface area (Å²) in [6, 6.07) is 0. The topological polar surface area (TPSA) is 298 Å². The van der Waals surface area contributed by atoms with Gasteiger partial charge in [0, 0.05) is 26.4 Å². The molecule has 0 aromatic heterocycles. The van der Waals surface area contributed by atoms with Crippen molar-refractivity contribution >= 4 is 56.3 Å². The lowest BCUT2D eigenvalue weighted by Gasteiger charge is -2.23. The second kappa shape index (κ2) is 25.4. The van der Waals surface area contributed by atoms with E-state index < -0.39 is 129 Å². The van der Waals surface area contributed by atoms with Gasteiger partial charge in [0.05, 0.1) is 23.0 Å². The SMILES string of the molecule is O=S(=O)(O)CC(CO)CCCP(CCCC(CO)CS(=O)(=O)O)CCCP(CCCC(CO)CS(=O)(=O)O)CCCC(CO)CS(=O)(=O)O. The first-order valence-electron chi connectivity index (χ1n) is 16.3. The fourth-order valence-electron chi connectivity index (χ4n) is 5.70. The summed E-state index contributed by atoms with van der Waals surface area (Å²) in [5.41, 5.74) is 0. The zero-order valence-corrected chi connectivity index (χ0v) is 33.0. The smallest absolute Gasteiger partial charge is 0.265 e. The Morgan fingerprint density at radius 1 is 0.347 bits per heavy atom. The van der Waals surface area contributed by atoms with E-state index in [9.17, 15) is 54.1 Å². The molecule has 0 aliphatic rings. The second-order valence-corrected chi connectivity index (χ2v) is 24.1. The highest BCUT2D eigenvalue weighted by Gasteiger charge is 2.22. The van der Waals surface area contributed by atoms with Gasteiger partial charge in [-0.05, 0) is 118 Å². The van der Waals surface area contributed by atoms with Gasteiger partial charge in [0.1, 0.15) is 0 Å². The lowest BCUT2D eigenvalue weighted by molar-refractivity contribution is 0.228. The molecule has 0 saturated heterocycles. The summed E-state index contributed by atoms with van der Waals surface area (Å²) >= 11 is 0. The Kier molecular flexibility index (Phi) is 25.6. The van der Waals surface area contributed by atoms with Crippen molar-refractivity contribution in [1.82, 2.24) is 0 Å². The normalized spacial score (nSPS) is 17.0. The van der Waals surface area contributed by atoms with E-state index in [4.69, 9.17) is 18.2 Å². The molecule has 4 unspecified atom stereocenters. The Hall–Kier alpha value is 0.340. The molecular weight excluding hydrogens is 770 g/mol. The van der Waals surface area contributed by atoms with Crippen LogP contribution in [-0.4, -0.2) is 159 Å². The highest BCUT2D eigenvalue weighted by Crippen LogP contribution is 2.44. The van der Waals surface area contributed by atoms with Crippen LogP contribution in [0.4, 0.5) is 0 Å². The molecule has 0 aromatic rings. The molecule has 49 heavy (non-hydrogen) atoms. The third-order valence-corrected chi connectivity index (χ3v) is 17.4. The average Bonchev–Trinajstić information content (AvgIpc) is 2.95. The van der Waals surface area contributed by atoms with Crippen LogP contribution in [0.2, 0.25) is 0 Å². The minimum atomic E-state index is -4.26. The molecule has 0 aliphatic carbocycles. The fraction of sp³-hybridized carbons (Fsp3) is 1.00. The minimum absolute atomic E-state index is 0.370. The van der Waals surface area contributed by atoms with Crippen molar-refractivity contribution in [3.05, 3.63) is 0 Å². The number of aliphatic hydroxyl groups is 4. The highest BCUT2D eigenvalue weighted by molar-refractivity contribution is 7.86. The van der Waals surface area contributed by atoms with Crippen LogP contribution in [0.15, 0.2) is 0 Å². The summed E-state index contributed by atoms with van der Waals surface area (Å²) < 4.78 is 127. The lowest BCUT2D eigenvalue weighted by Crippen LogP contribution is -2.19. The Morgan fingerprint density at radius 3 is 0.694 bits per heavy atom. The standard InChI is InChI=1S/C27H58O16P2S4/c28-16-24(20-46(32,33)34)6-1-10-44(11-2-7-25(17-29)21-47(35,36)37)14-5-15-45(12-3-8-26(18-30)22-48(38,39)40)13-4-9-27(19-31)23-49(41,42)43/h24-31H,1-23H2,(H,32,33,34)(H,35,36,37)(H,38,39,40)(H,41,42,43). The molecule has 4 atom stereocenters. The zero-order chi connectivity index (χ0) is 37.7. The largest absolute Gasteiger partial charge is 0.396 e. The third-order valence-electron chi connectivity index (χ3n) is 8.11. The van der Waals surface area contributed by atoms with E-state index in [1.807, 2.05) is 0 Å². The van der Waals surface area contributed by atoms with Crippen LogP contribution in [0, 0.1) is 23.7 Å². The molecule has 0 aromatic carbocycles. The molecule has 0 saturated carbocycles. The Balaban J connectivity index is 5.51. The van der Waals surface area contributed by atoms with Crippen molar-refractivity contribution in [2.75, 3.05) is 86.4 Å². The van der Waals surface area contributed by atoms with Crippen LogP contribution in [0.25, 0.3) is 0 Å². The van der Waals surface area contributed by atoms with Crippen molar-refractivity contribution in [2.45, 2.75) is 57.8 Å². The van der Waals surface area contributed by atoms with Gasteiger partial charge in [-0.25, -0.2) is 0 Å². The first-order valence-corrected chi connectivity index (χ1v) is 26.5. The molecule has 0 heterocycles. The van der Waals surface area contributed by atoms with Gasteiger partial charge < -0.3 is 20.4 Å². The van der Waals surface area contributed by atoms with Crippen LogP contribution in [-0.2, 0) is 40.5 Å². The number of hydrogen-bond acceptors (Lipinski definition) is 12. The maximum absolute atomic E-state index is 11.3. The molecule has 8 N–H and O–H groups in total. The number of rotatable bonds is 32. The predicted molar refractivity (Wildman–Crippen MR) is 193 cm³/mol. The van der Waals surface area contributed by atoms with E-state index in [1.54, 1.807) is 0 Å². The average molecular weight is 829 g/mol. The summed E-state index contributed by atoms with van der Waals surface area (Å²) in [5, 5.41) is 38.2. The molecule has 0 spiro atoms. The second-order valence-electron chi connectivity index (χ2n) is 12.8. The fourth-order valence-corrected chi connectivity index (χ4v) is 14.5. The van der Waals surface area contributed by atoms with Crippen molar-refractivity contribution in [3.8, 4) is 0 Å². The van der Waals surface area contributed by atoms with E-state index in [2.05, 4.69) is 0 Å². The van der Waals surface area contributed by atoms with Crippen LogP contribution in [0.3, 0.4) is 0 Å². The lowest BCUT2D eigenvalue weighted by atomic mass is 10.1. The Labute approximate surface area is 295 Å². The van der Waals surface area contributed by atoms with Crippen molar-refractivity contribution in [1.29, 1.82) is 0 Å². The Morgan fingerprint density at radius 2 is 0.531 bits per heavy atom. The quantitative estimate of drug-likeness (QED) is 0.0352.